The molecule has 0 spiro atoms. The molecule has 21 heavy (non-hydrogen) atoms. The lowest BCUT2D eigenvalue weighted by atomic mass is 10.0. The smallest absolute Gasteiger partial charge is 0.223 e. The number of anilines is 1. The maximum Gasteiger partial charge on any atom is 0.223 e. The zero-order chi connectivity index (χ0) is 14.1. The predicted molar refractivity (Wildman–Crippen MR) is 85.2 cm³/mol. The second-order valence-electron chi connectivity index (χ2n) is 5.13. The molecule has 0 aliphatic heterocycles. The van der Waals surface area contributed by atoms with Crippen LogP contribution in [-0.2, 0) is 0 Å². The Morgan fingerprint density at radius 1 is 1.14 bits per heavy atom. The highest BCUT2D eigenvalue weighted by atomic mass is 32.1. The Hall–Kier alpha value is -2.27. The van der Waals surface area contributed by atoms with Gasteiger partial charge in [-0.2, -0.15) is 11.3 Å². The lowest BCUT2D eigenvalue weighted by molar-refractivity contribution is 1.06. The van der Waals surface area contributed by atoms with E-state index in [1.54, 1.807) is 17.5 Å². The first-order chi connectivity index (χ1) is 10.4. The second-order valence-corrected chi connectivity index (χ2v) is 5.91. The maximum absolute atomic E-state index is 4.72. The average molecular weight is 294 g/mol. The van der Waals surface area contributed by atoms with Gasteiger partial charge in [-0.15, -0.1) is 0 Å². The summed E-state index contributed by atoms with van der Waals surface area (Å²) in [5.41, 5.74) is 4.14. The van der Waals surface area contributed by atoms with Crippen molar-refractivity contribution in [3.8, 4) is 22.4 Å². The van der Waals surface area contributed by atoms with Crippen LogP contribution in [0.3, 0.4) is 0 Å². The van der Waals surface area contributed by atoms with Crippen LogP contribution in [0.5, 0.6) is 0 Å². The van der Waals surface area contributed by atoms with Crippen molar-refractivity contribution in [2.24, 2.45) is 0 Å². The molecule has 4 rings (SSSR count). The third kappa shape index (κ3) is 2.64. The quantitative estimate of drug-likeness (QED) is 0.794. The summed E-state index contributed by atoms with van der Waals surface area (Å²) in [5.74, 6) is 0.704. The molecule has 3 aromatic rings. The highest BCUT2D eigenvalue weighted by molar-refractivity contribution is 7.08. The van der Waals surface area contributed by atoms with Crippen molar-refractivity contribution in [3.63, 3.8) is 0 Å². The summed E-state index contributed by atoms with van der Waals surface area (Å²) in [7, 11) is 0. The van der Waals surface area contributed by atoms with E-state index >= 15 is 0 Å². The fourth-order valence-electron chi connectivity index (χ4n) is 2.21. The van der Waals surface area contributed by atoms with Crippen LogP contribution in [-0.4, -0.2) is 21.0 Å². The molecule has 3 aromatic heterocycles. The minimum atomic E-state index is 0.541. The lowest BCUT2D eigenvalue weighted by Crippen LogP contribution is -2.06. The van der Waals surface area contributed by atoms with Crippen LogP contribution in [0.2, 0.25) is 0 Å². The largest absolute Gasteiger partial charge is 0.351 e. The zero-order valence-corrected chi connectivity index (χ0v) is 12.2. The van der Waals surface area contributed by atoms with Gasteiger partial charge < -0.3 is 5.32 Å². The highest BCUT2D eigenvalue weighted by Gasteiger charge is 2.22. The molecule has 0 bridgehead atoms. The van der Waals surface area contributed by atoms with E-state index in [-0.39, 0.29) is 0 Å². The molecule has 0 aromatic carbocycles. The van der Waals surface area contributed by atoms with Crippen molar-refractivity contribution in [2.75, 3.05) is 5.32 Å². The van der Waals surface area contributed by atoms with Gasteiger partial charge in [0.15, 0.2) is 0 Å². The number of rotatable bonds is 4. The first-order valence-corrected chi connectivity index (χ1v) is 7.91. The minimum Gasteiger partial charge on any atom is -0.351 e. The second kappa shape index (κ2) is 5.26. The van der Waals surface area contributed by atoms with Crippen LogP contribution in [0.1, 0.15) is 12.8 Å². The summed E-state index contributed by atoms with van der Waals surface area (Å²) < 4.78 is 0. The van der Waals surface area contributed by atoms with Crippen LogP contribution < -0.4 is 5.32 Å². The standard InChI is InChI=1S/C16H14N4S/c1-2-11(8-17-6-1)15-14(12-5-7-21-10-12)9-18-16(20-15)19-13-3-4-13/h1-2,5-10,13H,3-4H2,(H,18,19,20). The van der Waals surface area contributed by atoms with E-state index in [4.69, 9.17) is 4.98 Å². The van der Waals surface area contributed by atoms with Crippen LogP contribution in [0, 0.1) is 0 Å². The molecule has 0 saturated heterocycles. The molecule has 3 heterocycles. The third-order valence-electron chi connectivity index (χ3n) is 3.47. The van der Waals surface area contributed by atoms with Gasteiger partial charge in [-0.25, -0.2) is 9.97 Å². The zero-order valence-electron chi connectivity index (χ0n) is 11.4. The van der Waals surface area contributed by atoms with Crippen molar-refractivity contribution in [1.29, 1.82) is 0 Å². The van der Waals surface area contributed by atoms with Crippen molar-refractivity contribution >= 4 is 17.3 Å². The van der Waals surface area contributed by atoms with Crippen LogP contribution in [0.15, 0.2) is 47.5 Å². The number of thiophene rings is 1. The fraction of sp³-hybridized carbons (Fsp3) is 0.188. The number of pyridine rings is 1. The molecular formula is C16H14N4S. The number of hydrogen-bond donors (Lipinski definition) is 1. The molecule has 1 aliphatic rings. The Morgan fingerprint density at radius 3 is 2.81 bits per heavy atom. The van der Waals surface area contributed by atoms with Crippen molar-refractivity contribution in [1.82, 2.24) is 15.0 Å². The van der Waals surface area contributed by atoms with Crippen LogP contribution in [0.4, 0.5) is 5.95 Å². The first kappa shape index (κ1) is 12.5. The van der Waals surface area contributed by atoms with E-state index in [2.05, 4.69) is 32.1 Å². The van der Waals surface area contributed by atoms with Gasteiger partial charge in [-0.3, -0.25) is 4.98 Å². The predicted octanol–water partition coefficient (Wildman–Crippen LogP) is 3.84. The number of nitrogens with one attached hydrogen (secondary N) is 1. The summed E-state index contributed by atoms with van der Waals surface area (Å²) in [6.45, 7) is 0. The molecule has 1 fully saturated rings. The Morgan fingerprint density at radius 2 is 2.10 bits per heavy atom. The Bertz CT molecular complexity index is 736. The molecule has 0 radical (unpaired) electrons. The molecule has 1 saturated carbocycles. The third-order valence-corrected chi connectivity index (χ3v) is 4.15. The van der Waals surface area contributed by atoms with E-state index < -0.39 is 0 Å². The van der Waals surface area contributed by atoms with E-state index in [0.717, 1.165) is 22.4 Å². The van der Waals surface area contributed by atoms with E-state index in [0.29, 0.717) is 12.0 Å². The molecule has 1 aliphatic carbocycles. The minimum absolute atomic E-state index is 0.541. The number of hydrogen-bond acceptors (Lipinski definition) is 5. The van der Waals surface area contributed by atoms with Gasteiger partial charge in [0.2, 0.25) is 5.95 Å². The SMILES string of the molecule is c1cncc(-c2nc(NC3CC3)ncc2-c2ccsc2)c1. The van der Waals surface area contributed by atoms with Gasteiger partial charge in [0, 0.05) is 35.8 Å². The maximum atomic E-state index is 4.72. The van der Waals surface area contributed by atoms with Gasteiger partial charge in [0.05, 0.1) is 5.69 Å². The van der Waals surface area contributed by atoms with Crippen molar-refractivity contribution in [2.45, 2.75) is 18.9 Å². The lowest BCUT2D eigenvalue weighted by Gasteiger charge is -2.10. The molecule has 0 atom stereocenters. The summed E-state index contributed by atoms with van der Waals surface area (Å²) in [6, 6.07) is 6.60. The average Bonchev–Trinajstić information content (AvgIpc) is 3.18. The highest BCUT2D eigenvalue weighted by Crippen LogP contribution is 2.32. The van der Waals surface area contributed by atoms with Gasteiger partial charge in [0.25, 0.3) is 0 Å². The molecule has 4 nitrogen and oxygen atoms in total. The Kier molecular flexibility index (Phi) is 3.12. The summed E-state index contributed by atoms with van der Waals surface area (Å²) in [5, 5.41) is 7.54. The van der Waals surface area contributed by atoms with E-state index in [1.165, 1.54) is 12.8 Å². The normalized spacial score (nSPS) is 14.1. The Labute approximate surface area is 126 Å². The van der Waals surface area contributed by atoms with Crippen LogP contribution in [0.25, 0.3) is 22.4 Å². The fourth-order valence-corrected chi connectivity index (χ4v) is 2.87. The molecule has 1 N–H and O–H groups in total. The molecule has 0 unspecified atom stereocenters. The summed E-state index contributed by atoms with van der Waals surface area (Å²) >= 11 is 1.68. The number of nitrogens with zero attached hydrogens (tertiary/aromatic N) is 3. The van der Waals surface area contributed by atoms with E-state index in [9.17, 15) is 0 Å². The van der Waals surface area contributed by atoms with Crippen molar-refractivity contribution in [3.05, 3.63) is 47.5 Å². The molecule has 5 heteroatoms. The first-order valence-electron chi connectivity index (χ1n) is 6.97. The summed E-state index contributed by atoms with van der Waals surface area (Å²) in [4.78, 5) is 13.4. The monoisotopic (exact) mass is 294 g/mol. The molecular weight excluding hydrogens is 280 g/mol. The topological polar surface area (TPSA) is 50.7 Å². The molecule has 0 amide bonds. The Balaban J connectivity index is 1.82. The van der Waals surface area contributed by atoms with Gasteiger partial charge in [-0.05, 0) is 47.4 Å². The van der Waals surface area contributed by atoms with Crippen LogP contribution >= 0.6 is 11.3 Å². The van der Waals surface area contributed by atoms with E-state index in [1.807, 2.05) is 24.5 Å². The molecule has 104 valence electrons. The van der Waals surface area contributed by atoms with Gasteiger partial charge in [-0.1, -0.05) is 0 Å². The van der Waals surface area contributed by atoms with Gasteiger partial charge >= 0.3 is 0 Å². The van der Waals surface area contributed by atoms with Crippen molar-refractivity contribution < 1.29 is 0 Å². The number of aromatic nitrogens is 3. The van der Waals surface area contributed by atoms with Gasteiger partial charge in [0.1, 0.15) is 0 Å². The summed E-state index contributed by atoms with van der Waals surface area (Å²) in [6.07, 6.45) is 7.94.